The number of ether oxygens (including phenoxy) is 2. The molecule has 1 aliphatic heterocycles. The van der Waals surface area contributed by atoms with Crippen molar-refractivity contribution < 1.29 is 14.6 Å². The fourth-order valence-electron chi connectivity index (χ4n) is 4.34. The first-order valence-corrected chi connectivity index (χ1v) is 16.8. The van der Waals surface area contributed by atoms with Crippen LogP contribution in [-0.4, -0.2) is 86.1 Å². The van der Waals surface area contributed by atoms with Crippen LogP contribution in [0.5, 0.6) is 5.75 Å². The van der Waals surface area contributed by atoms with Gasteiger partial charge in [0, 0.05) is 47.4 Å². The van der Waals surface area contributed by atoms with Gasteiger partial charge in [0.25, 0.3) is 5.56 Å². The second-order valence-corrected chi connectivity index (χ2v) is 10.5. The van der Waals surface area contributed by atoms with Crippen LogP contribution in [-0.2, 0) is 11.8 Å². The SMILES string of the molecule is CC.CCCC(=N)c1c(NC)c(=O)nc(-c2cc(C)ccc2OCC)n1C.CCCCCCC.CN1CCNCC1.COCO. The van der Waals surface area contributed by atoms with Crippen molar-refractivity contribution in [1.29, 1.82) is 5.41 Å². The summed E-state index contributed by atoms with van der Waals surface area (Å²) in [6, 6.07) is 5.82. The largest absolute Gasteiger partial charge is 0.493 e. The Morgan fingerprint density at radius 2 is 1.62 bits per heavy atom. The third kappa shape index (κ3) is 18.1. The van der Waals surface area contributed by atoms with E-state index >= 15 is 0 Å². The van der Waals surface area contributed by atoms with E-state index in [4.69, 9.17) is 15.3 Å². The fourth-order valence-corrected chi connectivity index (χ4v) is 4.34. The van der Waals surface area contributed by atoms with Crippen LogP contribution in [0.4, 0.5) is 5.69 Å². The number of methoxy groups -OCH3 is 1. The molecule has 1 aromatic heterocycles. The van der Waals surface area contributed by atoms with Gasteiger partial charge in [-0.1, -0.05) is 84.8 Å². The molecular formula is C35H66N6O4. The molecule has 3 rings (SSSR count). The molecule has 0 amide bonds. The molecule has 10 nitrogen and oxygen atoms in total. The quantitative estimate of drug-likeness (QED) is 0.119. The number of rotatable bonds is 12. The molecule has 1 saturated heterocycles. The second kappa shape index (κ2) is 28.7. The standard InChI is InChI=1S/C19H26N4O2.C7H16.C5H12N2.C2H6O2.C2H6/c1-6-8-14(20)17-16(21-4)19(24)22-18(23(17)5)13-11-12(3)9-10-15(13)25-7-2;1-3-5-7-6-4-2;1-7-4-2-6-3-5-7;1-4-2-3;1-2/h9-11,20-21H,6-8H2,1-5H3;3-7H2,1-2H3;6H,2-5H2,1H3;3H,2H2,1H3;1-2H3. The zero-order chi connectivity index (χ0) is 34.6. The van der Waals surface area contributed by atoms with E-state index in [1.54, 1.807) is 7.05 Å². The molecule has 0 aliphatic carbocycles. The van der Waals surface area contributed by atoms with Crippen molar-refractivity contribution in [2.75, 3.05) is 66.1 Å². The van der Waals surface area contributed by atoms with E-state index in [-0.39, 0.29) is 12.4 Å². The number of piperazine rings is 1. The van der Waals surface area contributed by atoms with Crippen molar-refractivity contribution in [2.24, 2.45) is 7.05 Å². The highest BCUT2D eigenvalue weighted by Crippen LogP contribution is 2.30. The minimum Gasteiger partial charge on any atom is -0.493 e. The molecule has 10 heteroatoms. The van der Waals surface area contributed by atoms with Crippen LogP contribution in [0.3, 0.4) is 0 Å². The molecule has 260 valence electrons. The molecule has 0 bridgehead atoms. The Balaban J connectivity index is 0. The highest BCUT2D eigenvalue weighted by Gasteiger charge is 2.20. The summed E-state index contributed by atoms with van der Waals surface area (Å²) < 4.78 is 11.6. The summed E-state index contributed by atoms with van der Waals surface area (Å²) in [4.78, 5) is 19.2. The number of hydrogen-bond acceptors (Lipinski definition) is 9. The number of aliphatic hydroxyl groups excluding tert-OH is 1. The van der Waals surface area contributed by atoms with E-state index in [0.717, 1.165) is 30.6 Å². The minimum atomic E-state index is -0.365. The first-order chi connectivity index (χ1) is 21.7. The number of anilines is 1. The second-order valence-electron chi connectivity index (χ2n) is 10.5. The lowest BCUT2D eigenvalue weighted by atomic mass is 10.1. The van der Waals surface area contributed by atoms with Crippen molar-refractivity contribution in [3.05, 3.63) is 39.8 Å². The lowest BCUT2D eigenvalue weighted by molar-refractivity contribution is 0.0325. The van der Waals surface area contributed by atoms with Crippen molar-refractivity contribution in [3.8, 4) is 17.1 Å². The number of nitrogens with zero attached hydrogens (tertiary/aromatic N) is 3. The molecule has 2 heterocycles. The third-order valence-corrected chi connectivity index (χ3v) is 6.70. The minimum absolute atomic E-state index is 0.181. The van der Waals surface area contributed by atoms with Gasteiger partial charge < -0.3 is 40.1 Å². The summed E-state index contributed by atoms with van der Waals surface area (Å²) in [5, 5.41) is 22.2. The first-order valence-electron chi connectivity index (χ1n) is 16.8. The summed E-state index contributed by atoms with van der Waals surface area (Å²) >= 11 is 0. The van der Waals surface area contributed by atoms with Gasteiger partial charge in [-0.25, -0.2) is 0 Å². The molecule has 0 saturated carbocycles. The van der Waals surface area contributed by atoms with Gasteiger partial charge in [0.15, 0.2) is 0 Å². The van der Waals surface area contributed by atoms with E-state index in [1.165, 1.54) is 52.3 Å². The van der Waals surface area contributed by atoms with Gasteiger partial charge in [0.05, 0.1) is 23.6 Å². The Bertz CT molecular complexity index is 1080. The van der Waals surface area contributed by atoms with Crippen molar-refractivity contribution in [2.45, 2.75) is 93.4 Å². The van der Waals surface area contributed by atoms with Crippen LogP contribution >= 0.6 is 0 Å². The van der Waals surface area contributed by atoms with Gasteiger partial charge in [-0.2, -0.15) is 4.98 Å². The average Bonchev–Trinajstić information content (AvgIpc) is 3.05. The first kappa shape index (κ1) is 44.3. The predicted molar refractivity (Wildman–Crippen MR) is 192 cm³/mol. The Hall–Kier alpha value is -2.79. The molecule has 0 atom stereocenters. The smallest absolute Gasteiger partial charge is 0.297 e. The molecule has 45 heavy (non-hydrogen) atoms. The van der Waals surface area contributed by atoms with Gasteiger partial charge in [-0.3, -0.25) is 4.79 Å². The molecule has 2 aromatic rings. The maximum atomic E-state index is 12.6. The lowest BCUT2D eigenvalue weighted by Crippen LogP contribution is -2.40. The van der Waals surface area contributed by atoms with Crippen LogP contribution < -0.4 is 20.9 Å². The molecule has 0 spiro atoms. The summed E-state index contributed by atoms with van der Waals surface area (Å²) in [5.41, 5.74) is 2.79. The molecule has 0 unspecified atom stereocenters. The monoisotopic (exact) mass is 635 g/mol. The van der Waals surface area contributed by atoms with Gasteiger partial charge in [0.1, 0.15) is 24.1 Å². The molecule has 1 fully saturated rings. The fraction of sp³-hybridized carbons (Fsp3) is 0.686. The van der Waals surface area contributed by atoms with Gasteiger partial charge in [0.2, 0.25) is 0 Å². The lowest BCUT2D eigenvalue weighted by Gasteiger charge is -2.21. The van der Waals surface area contributed by atoms with E-state index < -0.39 is 0 Å². The molecular weight excluding hydrogens is 568 g/mol. The van der Waals surface area contributed by atoms with Crippen LogP contribution in [0, 0.1) is 12.3 Å². The molecule has 0 radical (unpaired) electrons. The predicted octanol–water partition coefficient (Wildman–Crippen LogP) is 6.47. The number of unbranched alkanes of at least 4 members (excludes halogenated alkanes) is 4. The topological polar surface area (TPSA) is 125 Å². The number of aliphatic hydroxyl groups is 1. The number of likely N-dealkylation sites (N-methyl/N-ethyl adjacent to an activating group) is 1. The maximum Gasteiger partial charge on any atom is 0.297 e. The molecule has 4 N–H and O–H groups in total. The van der Waals surface area contributed by atoms with Crippen molar-refractivity contribution in [3.63, 3.8) is 0 Å². The van der Waals surface area contributed by atoms with E-state index in [9.17, 15) is 4.79 Å². The zero-order valence-corrected chi connectivity index (χ0v) is 30.4. The number of nitrogens with one attached hydrogen (secondary N) is 3. The summed E-state index contributed by atoms with van der Waals surface area (Å²) in [6.45, 7) is 19.5. The Kier molecular flexibility index (Phi) is 28.2. The summed E-state index contributed by atoms with van der Waals surface area (Å²) in [7, 11) is 7.10. The zero-order valence-electron chi connectivity index (χ0n) is 30.4. The van der Waals surface area contributed by atoms with Crippen LogP contribution in [0.1, 0.15) is 97.7 Å². The average molecular weight is 635 g/mol. The van der Waals surface area contributed by atoms with Crippen molar-refractivity contribution >= 4 is 11.4 Å². The van der Waals surface area contributed by atoms with Crippen LogP contribution in [0.2, 0.25) is 0 Å². The summed E-state index contributed by atoms with van der Waals surface area (Å²) in [5.74, 6) is 1.19. The van der Waals surface area contributed by atoms with E-state index in [1.807, 2.05) is 64.4 Å². The van der Waals surface area contributed by atoms with Gasteiger partial charge in [-0.05, 0) is 39.4 Å². The Labute approximate surface area is 274 Å². The normalized spacial score (nSPS) is 12.1. The van der Waals surface area contributed by atoms with Gasteiger partial charge >= 0.3 is 0 Å². The number of aryl methyl sites for hydroxylation is 1. The summed E-state index contributed by atoms with van der Waals surface area (Å²) in [6.07, 6.45) is 8.44. The maximum absolute atomic E-state index is 12.6. The number of benzene rings is 1. The number of aromatic nitrogens is 2. The van der Waals surface area contributed by atoms with E-state index in [0.29, 0.717) is 41.7 Å². The Morgan fingerprint density at radius 3 is 2.04 bits per heavy atom. The van der Waals surface area contributed by atoms with Crippen LogP contribution in [0.25, 0.3) is 11.4 Å². The molecule has 1 aliphatic rings. The highest BCUT2D eigenvalue weighted by atomic mass is 16.6. The van der Waals surface area contributed by atoms with Crippen molar-refractivity contribution in [1.82, 2.24) is 19.8 Å². The van der Waals surface area contributed by atoms with Crippen LogP contribution in [0.15, 0.2) is 23.0 Å². The Morgan fingerprint density at radius 1 is 1.04 bits per heavy atom. The molecule has 1 aromatic carbocycles. The van der Waals surface area contributed by atoms with E-state index in [2.05, 4.69) is 46.1 Å². The number of hydrogen-bond donors (Lipinski definition) is 4. The third-order valence-electron chi connectivity index (χ3n) is 6.70. The highest BCUT2D eigenvalue weighted by molar-refractivity contribution is 6.01. The van der Waals surface area contributed by atoms with Gasteiger partial charge in [-0.15, -0.1) is 0 Å².